The van der Waals surface area contributed by atoms with Gasteiger partial charge in [0.1, 0.15) is 11.4 Å². The van der Waals surface area contributed by atoms with Gasteiger partial charge in [0, 0.05) is 29.6 Å². The van der Waals surface area contributed by atoms with Crippen LogP contribution in [0.4, 0.5) is 0 Å². The van der Waals surface area contributed by atoms with Crippen LogP contribution in [0.25, 0.3) is 0 Å². The number of Topliss-reactive ketones (excluding diaryl/α,β-unsaturated/α-hetero) is 2. The summed E-state index contributed by atoms with van der Waals surface area (Å²) in [5, 5.41) is 21.1. The molecular formula is C23H30O5. The SMILES string of the molecule is CC(O)CC(=O)[C@@]1(O)CCC2C3CCC4=CC(=O)C=CC4(C)C3C(=O)CC21C. The van der Waals surface area contributed by atoms with Crippen LogP contribution in [-0.2, 0) is 14.4 Å². The first-order chi connectivity index (χ1) is 13.0. The standard InChI is InChI=1S/C23H30O5/c1-13(24)10-19(27)23(28)9-7-17-16-5-4-14-11-15(25)6-8-21(14,2)20(16)18(26)12-22(17,23)3/h6,8,11,13,16-17,20,24,28H,4-5,7,9-10,12H2,1-3H3/t13?,16?,17?,20?,21?,22?,23-/m0/s1. The fraction of sp³-hybridized carbons (Fsp3) is 0.696. The smallest absolute Gasteiger partial charge is 0.178 e. The van der Waals surface area contributed by atoms with Crippen molar-refractivity contribution >= 4 is 17.3 Å². The van der Waals surface area contributed by atoms with Gasteiger partial charge in [-0.25, -0.2) is 0 Å². The Balaban J connectivity index is 1.71. The van der Waals surface area contributed by atoms with Crippen LogP contribution in [0.5, 0.6) is 0 Å². The molecule has 0 aromatic carbocycles. The summed E-state index contributed by atoms with van der Waals surface area (Å²) in [5.74, 6) is -0.296. The lowest BCUT2D eigenvalue weighted by atomic mass is 9.46. The summed E-state index contributed by atoms with van der Waals surface area (Å²) < 4.78 is 0. The normalized spacial score (nSPS) is 45.8. The molecule has 4 aliphatic carbocycles. The summed E-state index contributed by atoms with van der Waals surface area (Å²) in [5.41, 5.74) is -1.75. The number of carbonyl (C=O) groups is 3. The molecule has 0 spiro atoms. The van der Waals surface area contributed by atoms with Gasteiger partial charge in [-0.1, -0.05) is 25.5 Å². The first kappa shape index (κ1) is 19.7. The fourth-order valence-electron chi connectivity index (χ4n) is 6.93. The monoisotopic (exact) mass is 386 g/mol. The molecule has 0 aliphatic heterocycles. The van der Waals surface area contributed by atoms with Gasteiger partial charge in [-0.15, -0.1) is 0 Å². The minimum Gasteiger partial charge on any atom is -0.393 e. The molecule has 5 heteroatoms. The predicted octanol–water partition coefficient (Wildman–Crippen LogP) is 2.54. The van der Waals surface area contributed by atoms with Gasteiger partial charge in [0.25, 0.3) is 0 Å². The summed E-state index contributed by atoms with van der Waals surface area (Å²) in [7, 11) is 0. The van der Waals surface area contributed by atoms with Crippen LogP contribution in [0.2, 0.25) is 0 Å². The van der Waals surface area contributed by atoms with E-state index in [0.29, 0.717) is 12.8 Å². The van der Waals surface area contributed by atoms with E-state index < -0.39 is 22.5 Å². The second-order valence-electron chi connectivity index (χ2n) is 9.91. The zero-order chi connectivity index (χ0) is 20.5. The number of hydrogen-bond donors (Lipinski definition) is 2. The molecule has 4 aliphatic rings. The minimum absolute atomic E-state index is 0.0158. The Morgan fingerprint density at radius 2 is 2.00 bits per heavy atom. The first-order valence-corrected chi connectivity index (χ1v) is 10.4. The zero-order valence-electron chi connectivity index (χ0n) is 16.9. The third-order valence-corrected chi connectivity index (χ3v) is 8.35. The maximum Gasteiger partial charge on any atom is 0.178 e. The average Bonchev–Trinajstić information content (AvgIpc) is 2.87. The lowest BCUT2D eigenvalue weighted by Gasteiger charge is -2.56. The molecule has 0 heterocycles. The van der Waals surface area contributed by atoms with Crippen LogP contribution in [0.1, 0.15) is 59.3 Å². The number of rotatable bonds is 3. The van der Waals surface area contributed by atoms with Crippen molar-refractivity contribution in [1.29, 1.82) is 0 Å². The number of aliphatic hydroxyl groups excluding tert-OH is 1. The quantitative estimate of drug-likeness (QED) is 0.778. The van der Waals surface area contributed by atoms with Crippen LogP contribution in [-0.4, -0.2) is 39.3 Å². The third kappa shape index (κ3) is 2.48. The van der Waals surface area contributed by atoms with Crippen molar-refractivity contribution in [3.8, 4) is 0 Å². The number of ketones is 3. The summed E-state index contributed by atoms with van der Waals surface area (Å²) in [6, 6.07) is 0. The van der Waals surface area contributed by atoms with E-state index in [1.807, 2.05) is 13.0 Å². The molecule has 0 aromatic rings. The molecule has 3 saturated carbocycles. The summed E-state index contributed by atoms with van der Waals surface area (Å²) in [6.07, 6.45) is 7.09. The minimum atomic E-state index is -1.55. The predicted molar refractivity (Wildman–Crippen MR) is 103 cm³/mol. The van der Waals surface area contributed by atoms with E-state index >= 15 is 0 Å². The molecule has 0 saturated heterocycles. The van der Waals surface area contributed by atoms with Crippen LogP contribution in [0.3, 0.4) is 0 Å². The molecule has 28 heavy (non-hydrogen) atoms. The molecule has 5 nitrogen and oxygen atoms in total. The lowest BCUT2D eigenvalue weighted by molar-refractivity contribution is -0.168. The van der Waals surface area contributed by atoms with E-state index in [4.69, 9.17) is 0 Å². The Bertz CT molecular complexity index is 808. The van der Waals surface area contributed by atoms with E-state index in [9.17, 15) is 24.6 Å². The zero-order valence-corrected chi connectivity index (χ0v) is 16.9. The van der Waals surface area contributed by atoms with Crippen LogP contribution < -0.4 is 0 Å². The highest BCUT2D eigenvalue weighted by Gasteiger charge is 2.68. The van der Waals surface area contributed by atoms with Gasteiger partial charge in [-0.2, -0.15) is 0 Å². The highest BCUT2D eigenvalue weighted by Crippen LogP contribution is 2.66. The highest BCUT2D eigenvalue weighted by atomic mass is 16.3. The van der Waals surface area contributed by atoms with Crippen molar-refractivity contribution in [2.24, 2.45) is 28.6 Å². The summed E-state index contributed by atoms with van der Waals surface area (Å²) in [4.78, 5) is 38.1. The number of aliphatic hydroxyl groups is 2. The molecule has 6 unspecified atom stereocenters. The molecule has 4 rings (SSSR count). The fourth-order valence-corrected chi connectivity index (χ4v) is 6.93. The third-order valence-electron chi connectivity index (χ3n) is 8.35. The van der Waals surface area contributed by atoms with Crippen LogP contribution in [0.15, 0.2) is 23.8 Å². The van der Waals surface area contributed by atoms with E-state index in [1.54, 1.807) is 19.1 Å². The summed E-state index contributed by atoms with van der Waals surface area (Å²) in [6.45, 7) is 5.50. The molecular weight excluding hydrogens is 356 g/mol. The van der Waals surface area contributed by atoms with Gasteiger partial charge < -0.3 is 10.2 Å². The Labute approximate surface area is 165 Å². The maximum absolute atomic E-state index is 13.4. The van der Waals surface area contributed by atoms with Crippen LogP contribution >= 0.6 is 0 Å². The number of allylic oxidation sites excluding steroid dienone is 4. The number of carbonyl (C=O) groups excluding carboxylic acids is 3. The van der Waals surface area contributed by atoms with Gasteiger partial charge in [0.05, 0.1) is 6.10 Å². The summed E-state index contributed by atoms with van der Waals surface area (Å²) >= 11 is 0. The van der Waals surface area contributed by atoms with Gasteiger partial charge in [-0.3, -0.25) is 14.4 Å². The van der Waals surface area contributed by atoms with Crippen molar-refractivity contribution < 1.29 is 24.6 Å². The van der Waals surface area contributed by atoms with Crippen molar-refractivity contribution in [2.75, 3.05) is 0 Å². The molecule has 152 valence electrons. The van der Waals surface area contributed by atoms with Gasteiger partial charge in [-0.05, 0) is 56.6 Å². The molecule has 0 amide bonds. The van der Waals surface area contributed by atoms with E-state index in [2.05, 4.69) is 6.92 Å². The molecule has 0 aromatic heterocycles. The first-order valence-electron chi connectivity index (χ1n) is 10.4. The average molecular weight is 386 g/mol. The number of hydrogen-bond acceptors (Lipinski definition) is 5. The maximum atomic E-state index is 13.4. The Kier molecular flexibility index (Phi) is 4.37. The Morgan fingerprint density at radius 1 is 1.29 bits per heavy atom. The second kappa shape index (κ2) is 6.20. The Hall–Kier alpha value is -1.59. The van der Waals surface area contributed by atoms with Crippen molar-refractivity contribution in [3.63, 3.8) is 0 Å². The lowest BCUT2D eigenvalue weighted by Crippen LogP contribution is -2.60. The van der Waals surface area contributed by atoms with Gasteiger partial charge >= 0.3 is 0 Å². The van der Waals surface area contributed by atoms with Gasteiger partial charge in [0.2, 0.25) is 0 Å². The van der Waals surface area contributed by atoms with Crippen LogP contribution in [0, 0.1) is 28.6 Å². The van der Waals surface area contributed by atoms with Crippen molar-refractivity contribution in [3.05, 3.63) is 23.8 Å². The number of fused-ring (bicyclic) bond motifs is 5. The molecule has 7 atom stereocenters. The van der Waals surface area contributed by atoms with Crippen molar-refractivity contribution in [2.45, 2.75) is 71.0 Å². The van der Waals surface area contributed by atoms with E-state index in [1.165, 1.54) is 0 Å². The highest BCUT2D eigenvalue weighted by molar-refractivity contribution is 6.02. The van der Waals surface area contributed by atoms with Crippen molar-refractivity contribution in [1.82, 2.24) is 0 Å². The molecule has 2 N–H and O–H groups in total. The van der Waals surface area contributed by atoms with E-state index in [-0.39, 0.29) is 47.9 Å². The Morgan fingerprint density at radius 3 is 2.68 bits per heavy atom. The molecule has 0 radical (unpaired) electrons. The molecule has 3 fully saturated rings. The second-order valence-corrected chi connectivity index (χ2v) is 9.91. The molecule has 0 bridgehead atoms. The topological polar surface area (TPSA) is 91.7 Å². The largest absolute Gasteiger partial charge is 0.393 e. The van der Waals surface area contributed by atoms with E-state index in [0.717, 1.165) is 18.4 Å². The van der Waals surface area contributed by atoms with Gasteiger partial charge in [0.15, 0.2) is 11.6 Å².